The van der Waals surface area contributed by atoms with Crippen LogP contribution >= 0.6 is 0 Å². The number of pyridine rings is 1. The lowest BCUT2D eigenvalue weighted by molar-refractivity contribution is -0.00252. The van der Waals surface area contributed by atoms with Crippen LogP contribution in [-0.4, -0.2) is 61.5 Å². The van der Waals surface area contributed by atoms with Crippen LogP contribution in [0.5, 0.6) is 0 Å². The molecule has 1 aliphatic heterocycles. The molecule has 1 aliphatic carbocycles. The van der Waals surface area contributed by atoms with Crippen molar-refractivity contribution in [2.75, 3.05) is 30.9 Å². The van der Waals surface area contributed by atoms with E-state index >= 15 is 0 Å². The third-order valence-electron chi connectivity index (χ3n) is 6.24. The molecule has 1 unspecified atom stereocenters. The molecule has 1 saturated carbocycles. The molecule has 2 aromatic heterocycles. The number of hydrogen-bond donors (Lipinski definition) is 1. The standard InChI is InChI=1S/C22H31N5O3S/c1-31(28,29)26-20-10-14-27(21-5-2-3-11-23-21)15-18(20)16-30-19-8-6-17(7-9-19)22-24-12-4-13-25-22/h2-5,11-13,17-20,26H,6-10,14-16H2,1H3/t17-,18-,19+,20?/m0/s1. The van der Waals surface area contributed by atoms with Gasteiger partial charge in [-0.05, 0) is 50.3 Å². The second kappa shape index (κ2) is 10.0. The maximum absolute atomic E-state index is 11.9. The van der Waals surface area contributed by atoms with E-state index in [-0.39, 0.29) is 18.1 Å². The van der Waals surface area contributed by atoms with Gasteiger partial charge in [0.05, 0.1) is 19.0 Å². The fraction of sp³-hybridized carbons (Fsp3) is 0.591. The van der Waals surface area contributed by atoms with Crippen molar-refractivity contribution in [3.8, 4) is 0 Å². The van der Waals surface area contributed by atoms with Gasteiger partial charge in [0.2, 0.25) is 10.0 Å². The Hall–Kier alpha value is -2.10. The van der Waals surface area contributed by atoms with E-state index in [0.29, 0.717) is 12.5 Å². The third-order valence-corrected chi connectivity index (χ3v) is 6.97. The minimum atomic E-state index is -3.27. The minimum Gasteiger partial charge on any atom is -0.378 e. The fourth-order valence-corrected chi connectivity index (χ4v) is 5.51. The number of rotatable bonds is 7. The Bertz CT molecular complexity index is 921. The lowest BCUT2D eigenvalue weighted by atomic mass is 9.86. The average Bonchev–Trinajstić information content (AvgIpc) is 2.79. The van der Waals surface area contributed by atoms with E-state index in [0.717, 1.165) is 56.8 Å². The zero-order chi connectivity index (χ0) is 21.7. The van der Waals surface area contributed by atoms with E-state index in [1.165, 1.54) is 6.26 Å². The Morgan fingerprint density at radius 2 is 1.77 bits per heavy atom. The number of aromatic nitrogens is 3. The van der Waals surface area contributed by atoms with Crippen LogP contribution in [-0.2, 0) is 14.8 Å². The smallest absolute Gasteiger partial charge is 0.208 e. The van der Waals surface area contributed by atoms with E-state index < -0.39 is 10.0 Å². The van der Waals surface area contributed by atoms with Crippen LogP contribution in [0.25, 0.3) is 0 Å². The molecule has 2 aliphatic rings. The molecule has 1 N–H and O–H groups in total. The van der Waals surface area contributed by atoms with E-state index in [9.17, 15) is 8.42 Å². The highest BCUT2D eigenvalue weighted by Gasteiger charge is 2.33. The van der Waals surface area contributed by atoms with Crippen LogP contribution in [0.1, 0.15) is 43.8 Å². The van der Waals surface area contributed by atoms with Gasteiger partial charge in [-0.15, -0.1) is 0 Å². The molecule has 2 aromatic rings. The maximum atomic E-state index is 11.9. The van der Waals surface area contributed by atoms with Gasteiger partial charge < -0.3 is 9.64 Å². The number of anilines is 1. The summed E-state index contributed by atoms with van der Waals surface area (Å²) in [5.41, 5.74) is 0. The Morgan fingerprint density at radius 1 is 1.03 bits per heavy atom. The zero-order valence-corrected chi connectivity index (χ0v) is 18.7. The van der Waals surface area contributed by atoms with Crippen molar-refractivity contribution in [3.05, 3.63) is 48.7 Å². The molecule has 4 rings (SSSR count). The van der Waals surface area contributed by atoms with Gasteiger partial charge in [0.25, 0.3) is 0 Å². The molecule has 3 heterocycles. The molecule has 2 fully saturated rings. The van der Waals surface area contributed by atoms with Crippen LogP contribution < -0.4 is 9.62 Å². The summed E-state index contributed by atoms with van der Waals surface area (Å²) in [5.74, 6) is 2.32. The Kier molecular flexibility index (Phi) is 7.14. The number of sulfonamides is 1. The molecular weight excluding hydrogens is 414 g/mol. The quantitative estimate of drug-likeness (QED) is 0.699. The van der Waals surface area contributed by atoms with Gasteiger partial charge in [-0.1, -0.05) is 6.07 Å². The van der Waals surface area contributed by atoms with E-state index in [4.69, 9.17) is 4.74 Å². The van der Waals surface area contributed by atoms with Crippen LogP contribution in [0.3, 0.4) is 0 Å². The van der Waals surface area contributed by atoms with E-state index in [2.05, 4.69) is 24.6 Å². The minimum absolute atomic E-state index is 0.0701. The van der Waals surface area contributed by atoms with E-state index in [1.54, 1.807) is 18.6 Å². The Labute approximate surface area is 184 Å². The predicted octanol–water partition coefficient (Wildman–Crippen LogP) is 2.36. The van der Waals surface area contributed by atoms with Crippen molar-refractivity contribution >= 4 is 15.8 Å². The van der Waals surface area contributed by atoms with Crippen molar-refractivity contribution in [3.63, 3.8) is 0 Å². The second-order valence-corrected chi connectivity index (χ2v) is 10.4. The Morgan fingerprint density at radius 3 is 2.45 bits per heavy atom. The number of ether oxygens (including phenoxy) is 1. The van der Waals surface area contributed by atoms with Crippen molar-refractivity contribution in [1.29, 1.82) is 0 Å². The zero-order valence-electron chi connectivity index (χ0n) is 17.9. The van der Waals surface area contributed by atoms with Gasteiger partial charge in [0, 0.05) is 49.6 Å². The first kappa shape index (κ1) is 22.1. The molecule has 168 valence electrons. The molecule has 1 saturated heterocycles. The van der Waals surface area contributed by atoms with Gasteiger partial charge >= 0.3 is 0 Å². The predicted molar refractivity (Wildman–Crippen MR) is 119 cm³/mol. The van der Waals surface area contributed by atoms with Gasteiger partial charge in [-0.3, -0.25) is 0 Å². The van der Waals surface area contributed by atoms with Gasteiger partial charge in [0.15, 0.2) is 0 Å². The van der Waals surface area contributed by atoms with E-state index in [1.807, 2.05) is 24.3 Å². The van der Waals surface area contributed by atoms with Crippen LogP contribution in [0, 0.1) is 5.92 Å². The second-order valence-electron chi connectivity index (χ2n) is 8.59. The van der Waals surface area contributed by atoms with Crippen LogP contribution in [0.2, 0.25) is 0 Å². The van der Waals surface area contributed by atoms with Gasteiger partial charge in [-0.2, -0.15) is 0 Å². The van der Waals surface area contributed by atoms with Crippen molar-refractivity contribution in [2.24, 2.45) is 5.92 Å². The summed E-state index contributed by atoms with van der Waals surface area (Å²) in [5, 5.41) is 0. The molecule has 0 radical (unpaired) electrons. The van der Waals surface area contributed by atoms with Crippen molar-refractivity contribution < 1.29 is 13.2 Å². The third kappa shape index (κ3) is 6.21. The Balaban J connectivity index is 1.34. The first-order chi connectivity index (χ1) is 15.0. The maximum Gasteiger partial charge on any atom is 0.208 e. The average molecular weight is 446 g/mol. The molecule has 9 heteroatoms. The van der Waals surface area contributed by atoms with Crippen LogP contribution in [0.15, 0.2) is 42.9 Å². The summed E-state index contributed by atoms with van der Waals surface area (Å²) >= 11 is 0. The summed E-state index contributed by atoms with van der Waals surface area (Å²) in [4.78, 5) is 15.5. The molecule has 0 bridgehead atoms. The number of nitrogens with one attached hydrogen (secondary N) is 1. The summed E-state index contributed by atoms with van der Waals surface area (Å²) < 4.78 is 32.9. The number of hydrogen-bond acceptors (Lipinski definition) is 7. The first-order valence-electron chi connectivity index (χ1n) is 11.0. The lowest BCUT2D eigenvalue weighted by Crippen LogP contribution is -2.52. The van der Waals surface area contributed by atoms with Gasteiger partial charge in [-0.25, -0.2) is 28.1 Å². The van der Waals surface area contributed by atoms with Crippen LogP contribution in [0.4, 0.5) is 5.82 Å². The first-order valence-corrected chi connectivity index (χ1v) is 12.9. The topological polar surface area (TPSA) is 97.3 Å². The largest absolute Gasteiger partial charge is 0.378 e. The number of nitrogens with zero attached hydrogens (tertiary/aromatic N) is 4. The molecule has 0 aromatic carbocycles. The van der Waals surface area contributed by atoms with Crippen molar-refractivity contribution in [1.82, 2.24) is 19.7 Å². The monoisotopic (exact) mass is 445 g/mol. The summed E-state index contributed by atoms with van der Waals surface area (Å²) in [6, 6.07) is 7.60. The van der Waals surface area contributed by atoms with Gasteiger partial charge in [0.1, 0.15) is 11.6 Å². The summed E-state index contributed by atoms with van der Waals surface area (Å²) in [7, 11) is -3.27. The highest BCUT2D eigenvalue weighted by atomic mass is 32.2. The number of piperidine rings is 1. The normalized spacial score (nSPS) is 27.2. The molecule has 31 heavy (non-hydrogen) atoms. The molecule has 8 nitrogen and oxygen atoms in total. The SMILES string of the molecule is CS(=O)(=O)NC1CCN(c2ccccn2)C[C@H]1CO[C@H]1CC[C@@H](c2ncccn2)CC1. The fourth-order valence-electron chi connectivity index (χ4n) is 4.65. The lowest BCUT2D eigenvalue weighted by Gasteiger charge is -2.40. The molecule has 0 amide bonds. The molecule has 0 spiro atoms. The summed E-state index contributed by atoms with van der Waals surface area (Å²) in [6.45, 7) is 2.02. The highest BCUT2D eigenvalue weighted by molar-refractivity contribution is 7.88. The molecular formula is C22H31N5O3S. The highest BCUT2D eigenvalue weighted by Crippen LogP contribution is 2.33. The molecule has 2 atom stereocenters. The summed E-state index contributed by atoms with van der Waals surface area (Å²) in [6.07, 6.45) is 11.5. The van der Waals surface area contributed by atoms with Crippen molar-refractivity contribution in [2.45, 2.75) is 50.2 Å².